The minimum absolute atomic E-state index is 1.15. The Bertz CT molecular complexity index is 181. The first-order valence-electron chi connectivity index (χ1n) is 2.86. The van der Waals surface area contributed by atoms with Crippen LogP contribution < -0.4 is 0 Å². The molecule has 0 N–H and O–H groups in total. The van der Waals surface area contributed by atoms with Gasteiger partial charge in [-0.3, -0.25) is 4.79 Å². The zero-order valence-electron chi connectivity index (χ0n) is 5.42. The predicted octanol–water partition coefficient (Wildman–Crippen LogP) is 0.853. The third-order valence-electron chi connectivity index (χ3n) is 1.48. The maximum atomic E-state index is 12.6. The third kappa shape index (κ3) is 1.01. The lowest BCUT2D eigenvalue weighted by atomic mass is 10.2. The molecule has 2 atom stereocenters. The van der Waals surface area contributed by atoms with Crippen LogP contribution in [0.3, 0.4) is 0 Å². The highest BCUT2D eigenvalue weighted by Crippen LogP contribution is 2.21. The molecule has 1 aliphatic heterocycles. The van der Waals surface area contributed by atoms with Crippen molar-refractivity contribution < 1.29 is 13.6 Å². The molecule has 0 amide bonds. The second-order valence-electron chi connectivity index (χ2n) is 2.21. The molecule has 1 heterocycles. The van der Waals surface area contributed by atoms with E-state index in [0.29, 0.717) is 0 Å². The van der Waals surface area contributed by atoms with E-state index in [9.17, 15) is 13.6 Å². The van der Waals surface area contributed by atoms with Gasteiger partial charge in [0.15, 0.2) is 6.30 Å². The van der Waals surface area contributed by atoms with Gasteiger partial charge in [0.05, 0.1) is 0 Å². The molecular weight excluding hydrogens is 140 g/mol. The van der Waals surface area contributed by atoms with Gasteiger partial charge in [-0.25, -0.2) is 4.39 Å². The van der Waals surface area contributed by atoms with E-state index in [4.69, 9.17) is 0 Å². The molecular formula is C6H7F2NO. The van der Waals surface area contributed by atoms with E-state index >= 15 is 0 Å². The van der Waals surface area contributed by atoms with E-state index in [2.05, 4.69) is 0 Å². The highest BCUT2D eigenvalue weighted by molar-refractivity contribution is 5.74. The summed E-state index contributed by atoms with van der Waals surface area (Å²) in [7, 11) is 1.45. The number of hydrogen-bond donors (Lipinski definition) is 0. The van der Waals surface area contributed by atoms with Gasteiger partial charge in [0.25, 0.3) is 0 Å². The fourth-order valence-electron chi connectivity index (χ4n) is 0.839. The molecule has 2 nitrogen and oxygen atoms in total. The number of rotatable bonds is 1. The standard InChI is InChI=1S/C6H7F2NO/c1-9-3-2-4(5(9)7)6(8)10/h2-5H,1H3. The number of carbonyl (C=O) groups excluding carboxylic acids is 1. The molecule has 0 aliphatic carbocycles. The van der Waals surface area contributed by atoms with E-state index in [1.807, 2.05) is 0 Å². The molecule has 0 aromatic heterocycles. The molecule has 0 bridgehead atoms. The maximum absolute atomic E-state index is 12.6. The second kappa shape index (κ2) is 2.36. The first kappa shape index (κ1) is 7.18. The van der Waals surface area contributed by atoms with Crippen molar-refractivity contribution in [2.75, 3.05) is 7.05 Å². The molecule has 0 fully saturated rings. The van der Waals surface area contributed by atoms with Crippen LogP contribution in [0.2, 0.25) is 0 Å². The third-order valence-corrected chi connectivity index (χ3v) is 1.48. The summed E-state index contributed by atoms with van der Waals surface area (Å²) < 4.78 is 24.5. The largest absolute Gasteiger partial charge is 0.351 e. The Morgan fingerprint density at radius 1 is 1.70 bits per heavy atom. The van der Waals surface area contributed by atoms with Crippen LogP contribution in [0.5, 0.6) is 0 Å². The minimum atomic E-state index is -1.62. The van der Waals surface area contributed by atoms with Crippen LogP contribution in [-0.4, -0.2) is 24.3 Å². The number of hydrogen-bond acceptors (Lipinski definition) is 2. The Hall–Kier alpha value is -0.930. The average molecular weight is 147 g/mol. The summed E-state index contributed by atoms with van der Waals surface area (Å²) >= 11 is 0. The number of carbonyl (C=O) groups is 1. The molecule has 2 unspecified atom stereocenters. The zero-order valence-corrected chi connectivity index (χ0v) is 5.42. The highest BCUT2D eigenvalue weighted by atomic mass is 19.1. The Morgan fingerprint density at radius 2 is 2.30 bits per heavy atom. The summed E-state index contributed by atoms with van der Waals surface area (Å²) in [5.74, 6) is -1.22. The molecule has 1 rings (SSSR count). The average Bonchev–Trinajstić information content (AvgIpc) is 2.14. The number of nitrogens with zero attached hydrogens (tertiary/aromatic N) is 1. The molecule has 56 valence electrons. The van der Waals surface area contributed by atoms with Crippen LogP contribution in [0.4, 0.5) is 8.78 Å². The van der Waals surface area contributed by atoms with E-state index < -0.39 is 18.3 Å². The molecule has 0 aromatic carbocycles. The van der Waals surface area contributed by atoms with Crippen molar-refractivity contribution in [3.63, 3.8) is 0 Å². The normalized spacial score (nSPS) is 31.3. The van der Waals surface area contributed by atoms with Gasteiger partial charge in [-0.15, -0.1) is 0 Å². The van der Waals surface area contributed by atoms with Crippen LogP contribution in [0, 0.1) is 5.92 Å². The van der Waals surface area contributed by atoms with Crippen LogP contribution in [0.25, 0.3) is 0 Å². The van der Waals surface area contributed by atoms with Crippen molar-refractivity contribution in [2.24, 2.45) is 5.92 Å². The summed E-state index contributed by atoms with van der Waals surface area (Å²) in [6, 6.07) is -1.62. The van der Waals surface area contributed by atoms with Crippen LogP contribution in [-0.2, 0) is 4.79 Å². The summed E-state index contributed by atoms with van der Waals surface area (Å²) in [5, 5.41) is 0. The van der Waals surface area contributed by atoms with Crippen molar-refractivity contribution in [3.8, 4) is 0 Å². The molecule has 10 heavy (non-hydrogen) atoms. The van der Waals surface area contributed by atoms with Crippen molar-refractivity contribution in [2.45, 2.75) is 6.30 Å². The first-order valence-corrected chi connectivity index (χ1v) is 2.86. The minimum Gasteiger partial charge on any atom is -0.351 e. The lowest BCUT2D eigenvalue weighted by molar-refractivity contribution is -0.134. The van der Waals surface area contributed by atoms with Gasteiger partial charge in [0, 0.05) is 7.05 Å². The Morgan fingerprint density at radius 3 is 2.50 bits per heavy atom. The van der Waals surface area contributed by atoms with Gasteiger partial charge in [0.1, 0.15) is 5.92 Å². The fraction of sp³-hybridized carbons (Fsp3) is 0.500. The number of alkyl halides is 1. The molecule has 1 aliphatic rings. The SMILES string of the molecule is CN1C=CC(C(=O)F)C1F. The van der Waals surface area contributed by atoms with Crippen LogP contribution in [0.1, 0.15) is 0 Å². The molecule has 0 spiro atoms. The summed E-state index contributed by atoms with van der Waals surface area (Å²) in [6.07, 6.45) is 1.04. The van der Waals surface area contributed by atoms with Gasteiger partial charge < -0.3 is 4.90 Å². The van der Waals surface area contributed by atoms with Gasteiger partial charge in [0.2, 0.25) is 0 Å². The Balaban J connectivity index is 2.66. The van der Waals surface area contributed by atoms with E-state index in [1.165, 1.54) is 19.3 Å². The molecule has 4 heteroatoms. The smallest absolute Gasteiger partial charge is 0.313 e. The quantitative estimate of drug-likeness (QED) is 0.405. The summed E-state index contributed by atoms with van der Waals surface area (Å²) in [6.45, 7) is 0. The van der Waals surface area contributed by atoms with Crippen molar-refractivity contribution >= 4 is 6.04 Å². The van der Waals surface area contributed by atoms with Crippen molar-refractivity contribution in [1.29, 1.82) is 0 Å². The van der Waals surface area contributed by atoms with Gasteiger partial charge >= 0.3 is 6.04 Å². The lowest BCUT2D eigenvalue weighted by Gasteiger charge is -2.14. The van der Waals surface area contributed by atoms with Crippen molar-refractivity contribution in [3.05, 3.63) is 12.3 Å². The lowest BCUT2D eigenvalue weighted by Crippen LogP contribution is -2.27. The molecule has 0 saturated heterocycles. The molecule has 0 aromatic rings. The van der Waals surface area contributed by atoms with Gasteiger partial charge in [-0.2, -0.15) is 4.39 Å². The van der Waals surface area contributed by atoms with Gasteiger partial charge in [-0.05, 0) is 6.20 Å². The molecule has 0 saturated carbocycles. The van der Waals surface area contributed by atoms with E-state index in [-0.39, 0.29) is 0 Å². The second-order valence-corrected chi connectivity index (χ2v) is 2.21. The maximum Gasteiger partial charge on any atom is 0.313 e. The van der Waals surface area contributed by atoms with Crippen LogP contribution in [0.15, 0.2) is 12.3 Å². The summed E-state index contributed by atoms with van der Waals surface area (Å²) in [4.78, 5) is 11.2. The Labute approximate surface area is 57.1 Å². The van der Waals surface area contributed by atoms with Crippen LogP contribution >= 0.6 is 0 Å². The van der Waals surface area contributed by atoms with E-state index in [0.717, 1.165) is 4.90 Å². The number of halogens is 2. The zero-order chi connectivity index (χ0) is 7.72. The monoisotopic (exact) mass is 147 g/mol. The molecule has 0 radical (unpaired) electrons. The summed E-state index contributed by atoms with van der Waals surface area (Å²) in [5.41, 5.74) is 0. The fourth-order valence-corrected chi connectivity index (χ4v) is 0.839. The Kier molecular flexibility index (Phi) is 1.70. The van der Waals surface area contributed by atoms with Crippen molar-refractivity contribution in [1.82, 2.24) is 4.90 Å². The predicted molar refractivity (Wildman–Crippen MR) is 31.4 cm³/mol. The first-order chi connectivity index (χ1) is 4.63. The van der Waals surface area contributed by atoms with E-state index in [1.54, 1.807) is 0 Å². The highest BCUT2D eigenvalue weighted by Gasteiger charge is 2.32. The van der Waals surface area contributed by atoms with Gasteiger partial charge in [-0.1, -0.05) is 6.08 Å². The topological polar surface area (TPSA) is 20.3 Å².